The zero-order valence-corrected chi connectivity index (χ0v) is 14.6. The van der Waals surface area contributed by atoms with Gasteiger partial charge in [0.2, 0.25) is 0 Å². The molecule has 0 radical (unpaired) electrons. The average Bonchev–Trinajstić information content (AvgIpc) is 3.20. The van der Waals surface area contributed by atoms with Gasteiger partial charge in [-0.25, -0.2) is 0 Å². The van der Waals surface area contributed by atoms with Gasteiger partial charge in [-0.15, -0.1) is 0 Å². The monoisotopic (exact) mass is 374 g/mol. The lowest BCUT2D eigenvalue weighted by molar-refractivity contribution is -0.141. The molecule has 1 unspecified atom stereocenters. The summed E-state index contributed by atoms with van der Waals surface area (Å²) in [6.45, 7) is 0. The second-order valence-corrected chi connectivity index (χ2v) is 7.75. The molecule has 6 heteroatoms. The Balaban J connectivity index is 1.97. The molecule has 0 aliphatic heterocycles. The van der Waals surface area contributed by atoms with Crippen molar-refractivity contribution in [1.82, 2.24) is 0 Å². The smallest absolute Gasteiger partial charge is 0.306 e. The molecule has 0 spiro atoms. The zero-order chi connectivity index (χ0) is 15.5. The lowest BCUT2D eigenvalue weighted by Gasteiger charge is -2.14. The van der Waals surface area contributed by atoms with E-state index in [0.717, 1.165) is 28.6 Å². The van der Waals surface area contributed by atoms with Crippen LogP contribution in [0.4, 0.5) is 0 Å². The number of halogens is 1. The van der Waals surface area contributed by atoms with Gasteiger partial charge < -0.3 is 9.47 Å². The summed E-state index contributed by atoms with van der Waals surface area (Å²) in [7, 11) is 1.99. The largest absolute Gasteiger partial charge is 0.497 e. The van der Waals surface area contributed by atoms with Gasteiger partial charge in [0, 0.05) is 26.8 Å². The van der Waals surface area contributed by atoms with Crippen LogP contribution in [0, 0.1) is 5.41 Å². The highest BCUT2D eigenvalue weighted by atomic mass is 79.9. The molecule has 4 nitrogen and oxygen atoms in total. The third-order valence-electron chi connectivity index (χ3n) is 3.74. The van der Waals surface area contributed by atoms with Crippen LogP contribution in [0.5, 0.6) is 5.75 Å². The molecule has 2 rings (SSSR count). The fraction of sp³-hybridized carbons (Fsp3) is 0.533. The molecule has 0 bridgehead atoms. The van der Waals surface area contributed by atoms with Gasteiger partial charge in [-0.3, -0.25) is 9.00 Å². The first-order chi connectivity index (χ1) is 9.98. The molecule has 1 saturated carbocycles. The van der Waals surface area contributed by atoms with Crippen molar-refractivity contribution < 1.29 is 18.5 Å². The van der Waals surface area contributed by atoms with Gasteiger partial charge >= 0.3 is 5.97 Å². The Morgan fingerprint density at radius 1 is 1.38 bits per heavy atom. The second-order valence-electron chi connectivity index (χ2n) is 5.44. The maximum Gasteiger partial charge on any atom is 0.306 e. The van der Waals surface area contributed by atoms with Crippen molar-refractivity contribution in [1.29, 1.82) is 0 Å². The van der Waals surface area contributed by atoms with Gasteiger partial charge in [0.15, 0.2) is 0 Å². The third kappa shape index (κ3) is 4.54. The summed E-state index contributed by atoms with van der Waals surface area (Å²) in [4.78, 5) is 11.4. The Bertz CT molecular complexity index is 555. The minimum atomic E-state index is -1.01. The van der Waals surface area contributed by atoms with Crippen LogP contribution in [0.3, 0.4) is 0 Å². The van der Waals surface area contributed by atoms with E-state index in [1.807, 2.05) is 18.2 Å². The quantitative estimate of drug-likeness (QED) is 0.688. The molecule has 21 heavy (non-hydrogen) atoms. The van der Waals surface area contributed by atoms with Crippen LogP contribution in [0.15, 0.2) is 22.7 Å². The Labute approximate surface area is 135 Å². The van der Waals surface area contributed by atoms with Gasteiger partial charge in [0.05, 0.1) is 20.6 Å². The van der Waals surface area contributed by atoms with E-state index in [9.17, 15) is 9.00 Å². The van der Waals surface area contributed by atoms with Crippen LogP contribution < -0.4 is 4.74 Å². The maximum absolute atomic E-state index is 12.4. The van der Waals surface area contributed by atoms with E-state index in [-0.39, 0.29) is 11.4 Å². The Morgan fingerprint density at radius 3 is 2.67 bits per heavy atom. The van der Waals surface area contributed by atoms with Crippen LogP contribution in [0.1, 0.15) is 24.8 Å². The van der Waals surface area contributed by atoms with E-state index in [0.29, 0.717) is 17.9 Å². The molecular formula is C15H19BrO4S. The Hall–Kier alpha value is -0.880. The van der Waals surface area contributed by atoms with Gasteiger partial charge in [-0.2, -0.15) is 0 Å². The molecule has 1 fully saturated rings. The van der Waals surface area contributed by atoms with Gasteiger partial charge in [0.25, 0.3) is 0 Å². The summed E-state index contributed by atoms with van der Waals surface area (Å²) in [5, 5.41) is 0. The summed E-state index contributed by atoms with van der Waals surface area (Å²) in [5.41, 5.74) is 0.852. The van der Waals surface area contributed by atoms with E-state index in [2.05, 4.69) is 15.9 Å². The summed E-state index contributed by atoms with van der Waals surface area (Å²) in [5.74, 6) is 1.54. The summed E-state index contributed by atoms with van der Waals surface area (Å²) < 4.78 is 23.2. The molecule has 0 aromatic heterocycles. The number of hydrogen-bond donors (Lipinski definition) is 0. The highest BCUT2D eigenvalue weighted by molar-refractivity contribution is 9.10. The van der Waals surface area contributed by atoms with Gasteiger partial charge in [0.1, 0.15) is 5.75 Å². The number of rotatable bonds is 7. The maximum atomic E-state index is 12.4. The fourth-order valence-electron chi connectivity index (χ4n) is 2.28. The molecule has 1 aromatic rings. The van der Waals surface area contributed by atoms with Crippen molar-refractivity contribution in [2.24, 2.45) is 5.41 Å². The minimum absolute atomic E-state index is 0.108. The predicted octanol–water partition coefficient (Wildman–Crippen LogP) is 3.05. The van der Waals surface area contributed by atoms with Crippen molar-refractivity contribution in [3.05, 3.63) is 28.2 Å². The standard InChI is InChI=1S/C15H19BrO4S/c1-19-12-3-4-13(16)11(7-12)9-21(18)10-15(5-6-15)8-14(17)20-2/h3-4,7H,5-6,8-10H2,1-2H3. The Kier molecular flexibility index (Phi) is 5.43. The summed E-state index contributed by atoms with van der Waals surface area (Å²) in [6.07, 6.45) is 2.27. The fourth-order valence-corrected chi connectivity index (χ4v) is 4.62. The lowest BCUT2D eigenvalue weighted by atomic mass is 10.1. The number of carbonyl (C=O) groups excluding carboxylic acids is 1. The van der Waals surface area contributed by atoms with Gasteiger partial charge in [-0.1, -0.05) is 15.9 Å². The average molecular weight is 375 g/mol. The lowest BCUT2D eigenvalue weighted by Crippen LogP contribution is -2.18. The topological polar surface area (TPSA) is 52.6 Å². The van der Waals surface area contributed by atoms with Crippen LogP contribution >= 0.6 is 15.9 Å². The second kappa shape index (κ2) is 6.92. The van der Waals surface area contributed by atoms with E-state index >= 15 is 0 Å². The number of ether oxygens (including phenoxy) is 2. The number of benzene rings is 1. The molecule has 1 atom stereocenters. The van der Waals surface area contributed by atoms with Crippen molar-refractivity contribution in [2.45, 2.75) is 25.0 Å². The number of esters is 1. The van der Waals surface area contributed by atoms with E-state index in [1.165, 1.54) is 7.11 Å². The van der Waals surface area contributed by atoms with E-state index < -0.39 is 10.8 Å². The highest BCUT2D eigenvalue weighted by Gasteiger charge is 2.45. The predicted molar refractivity (Wildman–Crippen MR) is 85.7 cm³/mol. The molecule has 1 aromatic carbocycles. The first-order valence-corrected chi connectivity index (χ1v) is 9.00. The zero-order valence-electron chi connectivity index (χ0n) is 12.2. The van der Waals surface area contributed by atoms with Gasteiger partial charge in [-0.05, 0) is 42.0 Å². The minimum Gasteiger partial charge on any atom is -0.497 e. The van der Waals surface area contributed by atoms with Crippen LogP contribution in [-0.4, -0.2) is 30.2 Å². The molecular weight excluding hydrogens is 356 g/mol. The van der Waals surface area contributed by atoms with Crippen molar-refractivity contribution >= 4 is 32.7 Å². The first kappa shape index (κ1) is 16.5. The normalized spacial score (nSPS) is 17.1. The number of carbonyl (C=O) groups is 1. The van der Waals surface area contributed by atoms with Crippen LogP contribution in [0.2, 0.25) is 0 Å². The summed E-state index contributed by atoms with van der Waals surface area (Å²) in [6, 6.07) is 5.64. The van der Waals surface area contributed by atoms with E-state index in [1.54, 1.807) is 7.11 Å². The van der Waals surface area contributed by atoms with Crippen molar-refractivity contribution in [2.75, 3.05) is 20.0 Å². The number of methoxy groups -OCH3 is 2. The first-order valence-electron chi connectivity index (χ1n) is 6.72. The molecule has 0 amide bonds. The SMILES string of the molecule is COC(=O)CC1(CS(=O)Cc2cc(OC)ccc2Br)CC1. The molecule has 0 saturated heterocycles. The third-order valence-corrected chi connectivity index (χ3v) is 6.08. The van der Waals surface area contributed by atoms with Crippen molar-refractivity contribution in [3.8, 4) is 5.75 Å². The number of hydrogen-bond acceptors (Lipinski definition) is 4. The molecule has 0 N–H and O–H groups in total. The summed E-state index contributed by atoms with van der Waals surface area (Å²) >= 11 is 3.47. The molecule has 116 valence electrons. The molecule has 1 aliphatic carbocycles. The molecule has 1 aliphatic rings. The van der Waals surface area contributed by atoms with E-state index in [4.69, 9.17) is 9.47 Å². The molecule has 0 heterocycles. The highest BCUT2D eigenvalue weighted by Crippen LogP contribution is 2.49. The van der Waals surface area contributed by atoms with Crippen LogP contribution in [-0.2, 0) is 26.1 Å². The van der Waals surface area contributed by atoms with Crippen molar-refractivity contribution in [3.63, 3.8) is 0 Å². The Morgan fingerprint density at radius 2 is 2.10 bits per heavy atom. The van der Waals surface area contributed by atoms with Crippen LogP contribution in [0.25, 0.3) is 0 Å².